The van der Waals surface area contributed by atoms with E-state index in [4.69, 9.17) is 0 Å². The zero-order valence-corrected chi connectivity index (χ0v) is 4.76. The first kappa shape index (κ1) is 6.95. The zero-order valence-electron chi connectivity index (χ0n) is 4.76. The monoisotopic (exact) mass is 112 g/mol. The van der Waals surface area contributed by atoms with Crippen LogP contribution in [0.15, 0.2) is 25.2 Å². The van der Waals surface area contributed by atoms with E-state index in [1.165, 1.54) is 25.5 Å². The SMILES string of the molecule is C=CO/C=C\C(C)=O. The molecular weight excluding hydrogens is 104 g/mol. The van der Waals surface area contributed by atoms with Crippen molar-refractivity contribution in [2.45, 2.75) is 6.92 Å². The van der Waals surface area contributed by atoms with E-state index in [1.54, 1.807) is 0 Å². The highest BCUT2D eigenvalue weighted by Gasteiger charge is 1.77. The highest BCUT2D eigenvalue weighted by molar-refractivity contribution is 5.86. The molecule has 0 aliphatic heterocycles. The molecule has 2 nitrogen and oxygen atoms in total. The number of hydrogen-bond donors (Lipinski definition) is 0. The van der Waals surface area contributed by atoms with Crippen LogP contribution in [0.3, 0.4) is 0 Å². The maximum atomic E-state index is 10.1. The van der Waals surface area contributed by atoms with Gasteiger partial charge in [0, 0.05) is 6.08 Å². The molecule has 0 spiro atoms. The van der Waals surface area contributed by atoms with Gasteiger partial charge < -0.3 is 4.74 Å². The van der Waals surface area contributed by atoms with Gasteiger partial charge in [0.05, 0.1) is 12.5 Å². The van der Waals surface area contributed by atoms with Gasteiger partial charge in [-0.2, -0.15) is 0 Å². The first-order valence-corrected chi connectivity index (χ1v) is 2.21. The molecule has 0 fully saturated rings. The van der Waals surface area contributed by atoms with Gasteiger partial charge >= 0.3 is 0 Å². The van der Waals surface area contributed by atoms with Crippen LogP contribution in [-0.2, 0) is 9.53 Å². The Labute approximate surface area is 48.5 Å². The van der Waals surface area contributed by atoms with E-state index >= 15 is 0 Å². The van der Waals surface area contributed by atoms with E-state index in [1.807, 2.05) is 0 Å². The maximum absolute atomic E-state index is 10.1. The molecule has 0 aliphatic carbocycles. The minimum Gasteiger partial charge on any atom is -0.473 e. The van der Waals surface area contributed by atoms with E-state index in [0.717, 1.165) is 0 Å². The van der Waals surface area contributed by atoms with Crippen LogP contribution in [0.4, 0.5) is 0 Å². The van der Waals surface area contributed by atoms with Crippen molar-refractivity contribution in [2.24, 2.45) is 0 Å². The van der Waals surface area contributed by atoms with Gasteiger partial charge in [0.25, 0.3) is 0 Å². The summed E-state index contributed by atoms with van der Waals surface area (Å²) in [4.78, 5) is 10.1. The summed E-state index contributed by atoms with van der Waals surface area (Å²) in [5.41, 5.74) is 0. The lowest BCUT2D eigenvalue weighted by molar-refractivity contribution is -0.112. The van der Waals surface area contributed by atoms with Gasteiger partial charge in [-0.05, 0) is 6.92 Å². The third-order valence-corrected chi connectivity index (χ3v) is 0.478. The summed E-state index contributed by atoms with van der Waals surface area (Å²) in [6.07, 6.45) is 3.86. The Bertz CT molecular complexity index is 114. The Morgan fingerprint density at radius 1 is 1.75 bits per heavy atom. The van der Waals surface area contributed by atoms with Crippen molar-refractivity contribution in [3.8, 4) is 0 Å². The minimum atomic E-state index is -0.0353. The topological polar surface area (TPSA) is 26.3 Å². The fourth-order valence-corrected chi connectivity index (χ4v) is 0.191. The summed E-state index contributed by atoms with van der Waals surface area (Å²) in [6.45, 7) is 4.72. The van der Waals surface area contributed by atoms with Crippen LogP contribution in [0.5, 0.6) is 0 Å². The van der Waals surface area contributed by atoms with Gasteiger partial charge in [-0.15, -0.1) is 0 Å². The lowest BCUT2D eigenvalue weighted by Crippen LogP contribution is -1.78. The largest absolute Gasteiger partial charge is 0.473 e. The van der Waals surface area contributed by atoms with Crippen LogP contribution in [0, 0.1) is 0 Å². The van der Waals surface area contributed by atoms with Crippen molar-refractivity contribution >= 4 is 5.78 Å². The van der Waals surface area contributed by atoms with Crippen molar-refractivity contribution < 1.29 is 9.53 Å². The molecular formula is C6H8O2. The van der Waals surface area contributed by atoms with Gasteiger partial charge in [-0.3, -0.25) is 4.79 Å². The van der Waals surface area contributed by atoms with Crippen molar-refractivity contribution in [1.82, 2.24) is 0 Å². The van der Waals surface area contributed by atoms with E-state index in [9.17, 15) is 4.79 Å². The maximum Gasteiger partial charge on any atom is 0.155 e. The van der Waals surface area contributed by atoms with Crippen molar-refractivity contribution in [3.63, 3.8) is 0 Å². The fraction of sp³-hybridized carbons (Fsp3) is 0.167. The second kappa shape index (κ2) is 4.12. The number of carbonyl (C=O) groups excluding carboxylic acids is 1. The molecule has 0 aromatic heterocycles. The van der Waals surface area contributed by atoms with Gasteiger partial charge in [0.15, 0.2) is 5.78 Å². The number of allylic oxidation sites excluding steroid dienone is 1. The molecule has 0 saturated carbocycles. The molecule has 0 aromatic carbocycles. The highest BCUT2D eigenvalue weighted by atomic mass is 16.5. The Hall–Kier alpha value is -1.05. The Morgan fingerprint density at radius 2 is 2.38 bits per heavy atom. The number of ether oxygens (including phenoxy) is 1. The van der Waals surface area contributed by atoms with E-state index < -0.39 is 0 Å². The Balaban J connectivity index is 3.34. The third-order valence-electron chi connectivity index (χ3n) is 0.478. The van der Waals surface area contributed by atoms with Crippen molar-refractivity contribution in [1.29, 1.82) is 0 Å². The van der Waals surface area contributed by atoms with Crippen LogP contribution in [0.2, 0.25) is 0 Å². The van der Waals surface area contributed by atoms with E-state index in [-0.39, 0.29) is 5.78 Å². The quantitative estimate of drug-likeness (QED) is 0.405. The third kappa shape index (κ3) is 4.95. The zero-order chi connectivity index (χ0) is 6.41. The smallest absolute Gasteiger partial charge is 0.155 e. The molecule has 0 radical (unpaired) electrons. The molecule has 0 aliphatic rings. The molecule has 0 bridgehead atoms. The standard InChI is InChI=1S/C6H8O2/c1-3-8-5-4-6(2)7/h3-5H,1H2,2H3/b5-4-. The van der Waals surface area contributed by atoms with E-state index in [0.29, 0.717) is 0 Å². The second-order valence-electron chi connectivity index (χ2n) is 1.22. The first-order chi connectivity index (χ1) is 3.77. The lowest BCUT2D eigenvalue weighted by atomic mass is 10.4. The molecule has 0 heterocycles. The molecule has 44 valence electrons. The number of rotatable bonds is 3. The van der Waals surface area contributed by atoms with Gasteiger partial charge in [-0.1, -0.05) is 6.58 Å². The lowest BCUT2D eigenvalue weighted by Gasteiger charge is -1.82. The number of hydrogen-bond acceptors (Lipinski definition) is 2. The van der Waals surface area contributed by atoms with Crippen molar-refractivity contribution in [3.05, 3.63) is 25.2 Å². The van der Waals surface area contributed by atoms with Crippen LogP contribution < -0.4 is 0 Å². The molecule has 8 heavy (non-hydrogen) atoms. The molecule has 0 amide bonds. The highest BCUT2D eigenvalue weighted by Crippen LogP contribution is 1.77. The molecule has 0 N–H and O–H groups in total. The molecule has 0 saturated heterocycles. The number of ketones is 1. The molecule has 0 aromatic rings. The summed E-state index contributed by atoms with van der Waals surface area (Å²) >= 11 is 0. The fourth-order valence-electron chi connectivity index (χ4n) is 0.191. The Morgan fingerprint density at radius 3 is 2.75 bits per heavy atom. The predicted octanol–water partition coefficient (Wildman–Crippen LogP) is 1.25. The van der Waals surface area contributed by atoms with Gasteiger partial charge in [0.2, 0.25) is 0 Å². The van der Waals surface area contributed by atoms with Gasteiger partial charge in [0.1, 0.15) is 0 Å². The number of carbonyl (C=O) groups is 1. The van der Waals surface area contributed by atoms with E-state index in [2.05, 4.69) is 11.3 Å². The first-order valence-electron chi connectivity index (χ1n) is 2.21. The predicted molar refractivity (Wildman–Crippen MR) is 31.1 cm³/mol. The Kier molecular flexibility index (Phi) is 3.58. The van der Waals surface area contributed by atoms with Crippen LogP contribution in [-0.4, -0.2) is 5.78 Å². The average molecular weight is 112 g/mol. The van der Waals surface area contributed by atoms with Crippen LogP contribution in [0.1, 0.15) is 6.92 Å². The normalized spacial score (nSPS) is 9.12. The summed E-state index contributed by atoms with van der Waals surface area (Å²) in [7, 11) is 0. The second-order valence-corrected chi connectivity index (χ2v) is 1.22. The summed E-state index contributed by atoms with van der Waals surface area (Å²) in [5.74, 6) is -0.0353. The average Bonchev–Trinajstić information content (AvgIpc) is 1.66. The van der Waals surface area contributed by atoms with Gasteiger partial charge in [-0.25, -0.2) is 0 Å². The van der Waals surface area contributed by atoms with Crippen LogP contribution in [0.25, 0.3) is 0 Å². The van der Waals surface area contributed by atoms with Crippen LogP contribution >= 0.6 is 0 Å². The summed E-state index contributed by atoms with van der Waals surface area (Å²) in [5, 5.41) is 0. The van der Waals surface area contributed by atoms with Crippen molar-refractivity contribution in [2.75, 3.05) is 0 Å². The summed E-state index contributed by atoms with van der Waals surface area (Å²) in [6, 6.07) is 0. The molecule has 0 atom stereocenters. The molecule has 2 heteroatoms. The summed E-state index contributed by atoms with van der Waals surface area (Å²) < 4.78 is 4.51. The molecule has 0 unspecified atom stereocenters. The minimum absolute atomic E-state index is 0.0353. The molecule has 0 rings (SSSR count).